The molecule has 1 N–H and O–H groups in total. The Morgan fingerprint density at radius 2 is 2.31 bits per heavy atom. The second-order valence-electron chi connectivity index (χ2n) is 4.20. The van der Waals surface area contributed by atoms with Gasteiger partial charge in [0.1, 0.15) is 6.61 Å². The summed E-state index contributed by atoms with van der Waals surface area (Å²) in [5.41, 5.74) is 0. The lowest BCUT2D eigenvalue weighted by Gasteiger charge is -2.26. The third-order valence-electron chi connectivity index (χ3n) is 1.63. The topological polar surface area (TPSA) is 47.6 Å². The number of rotatable bonds is 3. The van der Waals surface area contributed by atoms with E-state index in [1.54, 1.807) is 0 Å². The van der Waals surface area contributed by atoms with Crippen molar-refractivity contribution in [2.45, 2.75) is 25.7 Å². The van der Waals surface area contributed by atoms with Crippen LogP contribution < -0.4 is 5.32 Å². The molecule has 0 saturated carbocycles. The van der Waals surface area contributed by atoms with Crippen molar-refractivity contribution in [3.05, 3.63) is 0 Å². The van der Waals surface area contributed by atoms with Gasteiger partial charge in [-0.3, -0.25) is 4.79 Å². The Labute approximate surface area is 79.7 Å². The van der Waals surface area contributed by atoms with E-state index in [9.17, 15) is 4.79 Å². The molecule has 1 heterocycles. The lowest BCUT2D eigenvalue weighted by Crippen LogP contribution is -2.49. The molecule has 1 aliphatic rings. The predicted molar refractivity (Wildman–Crippen MR) is 52.0 cm³/mol. The number of hydrogen-bond donors (Lipinski definition) is 1. The van der Waals surface area contributed by atoms with Crippen LogP contribution in [-0.4, -0.2) is 40.1 Å². The van der Waals surface area contributed by atoms with Crippen LogP contribution in [0.5, 0.6) is 0 Å². The predicted octanol–water partition coefficient (Wildman–Crippen LogP) is 0.353. The summed E-state index contributed by atoms with van der Waals surface area (Å²) >= 11 is 0. The van der Waals surface area contributed by atoms with Gasteiger partial charge < -0.3 is 14.5 Å². The van der Waals surface area contributed by atoms with E-state index in [1.807, 2.05) is 0 Å². The number of nitrogens with one attached hydrogen (secondary N) is 1. The molecular formula is C8H17NO3Si. The molecule has 1 atom stereocenters. The third-order valence-corrected chi connectivity index (χ3v) is 2.67. The molecule has 0 aromatic carbocycles. The molecule has 0 unspecified atom stereocenters. The summed E-state index contributed by atoms with van der Waals surface area (Å²) in [7, 11) is -1.47. The first kappa shape index (κ1) is 10.7. The van der Waals surface area contributed by atoms with Gasteiger partial charge in [0.25, 0.3) is 0 Å². The fourth-order valence-electron chi connectivity index (χ4n) is 1.05. The van der Waals surface area contributed by atoms with Gasteiger partial charge >= 0.3 is 0 Å². The van der Waals surface area contributed by atoms with Gasteiger partial charge in [0.2, 0.25) is 5.91 Å². The van der Waals surface area contributed by atoms with Crippen LogP contribution in [0.1, 0.15) is 0 Å². The van der Waals surface area contributed by atoms with Gasteiger partial charge in [-0.25, -0.2) is 0 Å². The lowest BCUT2D eigenvalue weighted by atomic mass is 10.3. The van der Waals surface area contributed by atoms with E-state index in [0.717, 1.165) is 0 Å². The minimum atomic E-state index is -1.47. The van der Waals surface area contributed by atoms with Crippen LogP contribution in [0.3, 0.4) is 0 Å². The molecule has 76 valence electrons. The molecule has 5 heteroatoms. The molecule has 0 radical (unpaired) electrons. The maximum Gasteiger partial charge on any atom is 0.246 e. The summed E-state index contributed by atoms with van der Waals surface area (Å²) in [4.78, 5) is 10.9. The van der Waals surface area contributed by atoms with Crippen molar-refractivity contribution >= 4 is 14.2 Å². The largest absolute Gasteiger partial charge is 0.415 e. The molecule has 4 nitrogen and oxygen atoms in total. The normalized spacial score (nSPS) is 24.2. The van der Waals surface area contributed by atoms with Crippen molar-refractivity contribution in [2.75, 3.05) is 19.8 Å². The monoisotopic (exact) mass is 203 g/mol. The molecule has 0 aromatic rings. The maximum absolute atomic E-state index is 10.9. The standard InChI is InChI=1S/C8H17NO3Si/c1-13(2,3)12-5-7-4-11-6-8(10)9-7/h7H,4-6H2,1-3H3,(H,9,10)/t7-/m0/s1. The minimum Gasteiger partial charge on any atom is -0.415 e. The Hall–Kier alpha value is -0.393. The summed E-state index contributed by atoms with van der Waals surface area (Å²) in [5.74, 6) is -0.0459. The summed E-state index contributed by atoms with van der Waals surface area (Å²) in [6.45, 7) is 7.69. The molecular weight excluding hydrogens is 186 g/mol. The van der Waals surface area contributed by atoms with Crippen LogP contribution in [0.2, 0.25) is 19.6 Å². The Morgan fingerprint density at radius 1 is 1.62 bits per heavy atom. The number of ether oxygens (including phenoxy) is 1. The number of amides is 1. The summed E-state index contributed by atoms with van der Waals surface area (Å²) in [6.07, 6.45) is 0. The van der Waals surface area contributed by atoms with Crippen LogP contribution in [-0.2, 0) is 14.0 Å². The highest BCUT2D eigenvalue weighted by atomic mass is 28.4. The van der Waals surface area contributed by atoms with Crippen LogP contribution >= 0.6 is 0 Å². The second kappa shape index (κ2) is 4.21. The Bertz CT molecular complexity index is 190. The number of hydrogen-bond acceptors (Lipinski definition) is 3. The van der Waals surface area contributed by atoms with E-state index in [1.165, 1.54) is 0 Å². The Morgan fingerprint density at radius 3 is 2.85 bits per heavy atom. The molecule has 0 spiro atoms. The first-order valence-corrected chi connectivity index (χ1v) is 7.89. The van der Waals surface area contributed by atoms with Gasteiger partial charge in [0.15, 0.2) is 8.32 Å². The quantitative estimate of drug-likeness (QED) is 0.673. The smallest absolute Gasteiger partial charge is 0.246 e. The fraction of sp³-hybridized carbons (Fsp3) is 0.875. The SMILES string of the molecule is C[Si](C)(C)OC[C@@H]1COCC(=O)N1. The summed E-state index contributed by atoms with van der Waals surface area (Å²) < 4.78 is 10.7. The van der Waals surface area contributed by atoms with Crippen LogP contribution in [0.4, 0.5) is 0 Å². The third kappa shape index (κ3) is 4.40. The van der Waals surface area contributed by atoms with E-state index in [4.69, 9.17) is 9.16 Å². The molecule has 1 rings (SSSR count). The maximum atomic E-state index is 10.9. The highest BCUT2D eigenvalue weighted by Crippen LogP contribution is 2.04. The van der Waals surface area contributed by atoms with Crippen molar-refractivity contribution in [1.29, 1.82) is 0 Å². The minimum absolute atomic E-state index is 0.0352. The zero-order valence-corrected chi connectivity index (χ0v) is 9.42. The second-order valence-corrected chi connectivity index (χ2v) is 8.72. The van der Waals surface area contributed by atoms with Crippen LogP contribution in [0, 0.1) is 0 Å². The Kier molecular flexibility index (Phi) is 3.46. The van der Waals surface area contributed by atoms with E-state index in [0.29, 0.717) is 13.2 Å². The number of carbonyl (C=O) groups is 1. The first-order chi connectivity index (χ1) is 5.97. The first-order valence-electron chi connectivity index (χ1n) is 4.48. The molecule has 0 aliphatic carbocycles. The summed E-state index contributed by atoms with van der Waals surface area (Å²) in [5, 5.41) is 2.82. The lowest BCUT2D eigenvalue weighted by molar-refractivity contribution is -0.131. The average Bonchev–Trinajstić information content (AvgIpc) is 2.00. The zero-order valence-electron chi connectivity index (χ0n) is 8.42. The molecule has 0 aromatic heterocycles. The van der Waals surface area contributed by atoms with Crippen LogP contribution in [0.25, 0.3) is 0 Å². The van der Waals surface area contributed by atoms with E-state index < -0.39 is 8.32 Å². The highest BCUT2D eigenvalue weighted by Gasteiger charge is 2.22. The average molecular weight is 203 g/mol. The van der Waals surface area contributed by atoms with Gasteiger partial charge in [-0.2, -0.15) is 0 Å². The van der Waals surface area contributed by atoms with Crippen molar-refractivity contribution in [3.63, 3.8) is 0 Å². The molecule has 1 saturated heterocycles. The van der Waals surface area contributed by atoms with E-state index in [2.05, 4.69) is 25.0 Å². The Balaban J connectivity index is 2.25. The van der Waals surface area contributed by atoms with Gasteiger partial charge in [-0.15, -0.1) is 0 Å². The van der Waals surface area contributed by atoms with Crippen molar-refractivity contribution in [3.8, 4) is 0 Å². The fourth-order valence-corrected chi connectivity index (χ4v) is 1.75. The van der Waals surface area contributed by atoms with Crippen molar-refractivity contribution < 1.29 is 14.0 Å². The molecule has 0 bridgehead atoms. The van der Waals surface area contributed by atoms with Crippen molar-refractivity contribution in [1.82, 2.24) is 5.32 Å². The molecule has 13 heavy (non-hydrogen) atoms. The van der Waals surface area contributed by atoms with Gasteiger partial charge in [0.05, 0.1) is 19.3 Å². The molecule has 1 fully saturated rings. The van der Waals surface area contributed by atoms with Gasteiger partial charge in [-0.1, -0.05) is 0 Å². The van der Waals surface area contributed by atoms with Crippen LogP contribution in [0.15, 0.2) is 0 Å². The number of morpholine rings is 1. The van der Waals surface area contributed by atoms with Gasteiger partial charge in [-0.05, 0) is 19.6 Å². The number of carbonyl (C=O) groups excluding carboxylic acids is 1. The van der Waals surface area contributed by atoms with E-state index >= 15 is 0 Å². The van der Waals surface area contributed by atoms with Gasteiger partial charge in [0, 0.05) is 0 Å². The van der Waals surface area contributed by atoms with Crippen molar-refractivity contribution in [2.24, 2.45) is 0 Å². The molecule has 1 amide bonds. The van der Waals surface area contributed by atoms with E-state index in [-0.39, 0.29) is 18.6 Å². The zero-order chi connectivity index (χ0) is 9.90. The summed E-state index contributed by atoms with van der Waals surface area (Å²) in [6, 6.07) is 0.0352. The molecule has 1 aliphatic heterocycles. The highest BCUT2D eigenvalue weighted by molar-refractivity contribution is 6.69.